The van der Waals surface area contributed by atoms with Gasteiger partial charge in [0.25, 0.3) is 0 Å². The molecule has 1 aromatic heterocycles. The molecule has 0 saturated heterocycles. The Morgan fingerprint density at radius 3 is 1.88 bits per heavy atom. The molecule has 0 amide bonds. The molecule has 1 spiro atoms. The normalized spacial score (nSPS) is 13.6. The number of amidine groups is 2. The van der Waals surface area contributed by atoms with E-state index in [4.69, 9.17) is 20.1 Å². The number of hydrogen-bond donors (Lipinski definition) is 1. The van der Waals surface area contributed by atoms with E-state index in [1.807, 2.05) is 66.9 Å². The third kappa shape index (κ3) is 4.99. The van der Waals surface area contributed by atoms with Crippen LogP contribution in [-0.4, -0.2) is 22.5 Å². The zero-order valence-corrected chi connectivity index (χ0v) is 30.8. The van der Waals surface area contributed by atoms with Gasteiger partial charge in [-0.1, -0.05) is 152 Å². The lowest BCUT2D eigenvalue weighted by Gasteiger charge is -2.39. The Morgan fingerprint density at radius 1 is 0.544 bits per heavy atom. The third-order valence-corrected chi connectivity index (χ3v) is 11.4. The number of hydrogen-bond acceptors (Lipinski definition) is 2. The van der Waals surface area contributed by atoms with E-state index in [-0.39, 0.29) is 5.84 Å². The molecule has 268 valence electrons. The number of nitrogens with zero attached hydrogens (tertiary/aromatic N) is 3. The van der Waals surface area contributed by atoms with Crippen LogP contribution >= 0.6 is 0 Å². The Morgan fingerprint density at radius 2 is 1.16 bits per heavy atom. The van der Waals surface area contributed by atoms with Crippen LogP contribution in [0.2, 0.25) is 0 Å². The SMILES string of the molecule is N=C(N=C(N=Cc1ccccc1)c1cccc2c1c1cc3c(cc1n2-c1ccccc1)-c1ccccc1C31c2ccccc2Oc2ccccc21)c1ccccc1. The lowest BCUT2D eigenvalue weighted by molar-refractivity contribution is 0.436. The van der Waals surface area contributed by atoms with Crippen molar-refractivity contribution in [3.05, 3.63) is 233 Å². The predicted molar refractivity (Wildman–Crippen MR) is 232 cm³/mol. The fourth-order valence-electron chi connectivity index (χ4n) is 9.05. The van der Waals surface area contributed by atoms with Crippen molar-refractivity contribution in [1.82, 2.24) is 4.57 Å². The summed E-state index contributed by atoms with van der Waals surface area (Å²) in [6.45, 7) is 0. The second-order valence-corrected chi connectivity index (χ2v) is 14.5. The summed E-state index contributed by atoms with van der Waals surface area (Å²) in [5.74, 6) is 2.32. The van der Waals surface area contributed by atoms with Crippen molar-refractivity contribution in [3.63, 3.8) is 0 Å². The topological polar surface area (TPSA) is 62.7 Å². The first-order valence-corrected chi connectivity index (χ1v) is 19.2. The van der Waals surface area contributed by atoms with Gasteiger partial charge in [0.05, 0.1) is 16.4 Å². The van der Waals surface area contributed by atoms with Gasteiger partial charge in [0.1, 0.15) is 11.5 Å². The van der Waals surface area contributed by atoms with E-state index in [2.05, 4.69) is 138 Å². The Balaban J connectivity index is 1.26. The van der Waals surface area contributed by atoms with Crippen LogP contribution in [0.1, 0.15) is 38.9 Å². The molecule has 0 fully saturated rings. The van der Waals surface area contributed by atoms with Crippen LogP contribution in [0.4, 0.5) is 0 Å². The summed E-state index contributed by atoms with van der Waals surface area (Å²) in [7, 11) is 0. The number of nitrogens with one attached hydrogen (secondary N) is 1. The average Bonchev–Trinajstić information content (AvgIpc) is 3.75. The summed E-state index contributed by atoms with van der Waals surface area (Å²) in [6.07, 6.45) is 1.84. The van der Waals surface area contributed by atoms with Gasteiger partial charge in [-0.15, -0.1) is 0 Å². The number of para-hydroxylation sites is 3. The largest absolute Gasteiger partial charge is 0.457 e. The van der Waals surface area contributed by atoms with E-state index >= 15 is 0 Å². The van der Waals surface area contributed by atoms with Crippen LogP contribution in [0.25, 0.3) is 38.6 Å². The minimum absolute atomic E-state index is 0.144. The third-order valence-electron chi connectivity index (χ3n) is 11.4. The van der Waals surface area contributed by atoms with Crippen molar-refractivity contribution in [2.24, 2.45) is 9.98 Å². The standard InChI is InChI=1S/C52H34N4O/c53-50(35-19-6-2-7-20-35)55-51(54-33-34-17-4-1-5-18-34)38-24-16-28-45-49(38)40-31-44-39(32-46(40)56(45)36-21-8-3-9-22-36)37-23-10-11-25-41(37)52(44)42-26-12-14-29-47(42)57-48-30-15-13-27-43(48)52/h1-33,53H. The number of ether oxygens (including phenoxy) is 1. The maximum Gasteiger partial charge on any atom is 0.162 e. The highest BCUT2D eigenvalue weighted by Gasteiger charge is 2.51. The Hall–Kier alpha value is -7.63. The molecule has 0 saturated carbocycles. The second kappa shape index (κ2) is 13.0. The summed E-state index contributed by atoms with van der Waals surface area (Å²) in [5.41, 5.74) is 12.1. The van der Waals surface area contributed by atoms with Gasteiger partial charge in [0, 0.05) is 44.9 Å². The minimum Gasteiger partial charge on any atom is -0.457 e. The van der Waals surface area contributed by atoms with Gasteiger partial charge in [0.2, 0.25) is 0 Å². The lowest BCUT2D eigenvalue weighted by Crippen LogP contribution is -2.32. The quantitative estimate of drug-likeness (QED) is 0.142. The number of aromatic nitrogens is 1. The van der Waals surface area contributed by atoms with Crippen LogP contribution in [0.3, 0.4) is 0 Å². The zero-order chi connectivity index (χ0) is 37.9. The number of benzene rings is 8. The Bertz CT molecular complexity index is 3060. The van der Waals surface area contributed by atoms with E-state index in [1.165, 1.54) is 22.3 Å². The van der Waals surface area contributed by atoms with Crippen LogP contribution < -0.4 is 4.74 Å². The summed E-state index contributed by atoms with van der Waals surface area (Å²) in [6, 6.07) is 67.1. The number of rotatable bonds is 4. The monoisotopic (exact) mass is 730 g/mol. The number of fused-ring (bicyclic) bond motifs is 12. The summed E-state index contributed by atoms with van der Waals surface area (Å²) >= 11 is 0. The maximum absolute atomic E-state index is 9.17. The fraction of sp³-hybridized carbons (Fsp3) is 0.0192. The molecule has 5 heteroatoms. The zero-order valence-electron chi connectivity index (χ0n) is 30.8. The summed E-state index contributed by atoms with van der Waals surface area (Å²) in [5, 5.41) is 11.3. The molecule has 8 aromatic carbocycles. The molecule has 57 heavy (non-hydrogen) atoms. The van der Waals surface area contributed by atoms with E-state index in [0.717, 1.165) is 66.8 Å². The molecule has 0 unspecified atom stereocenters. The van der Waals surface area contributed by atoms with E-state index in [0.29, 0.717) is 5.84 Å². The minimum atomic E-state index is -0.626. The molecule has 1 N–H and O–H groups in total. The van der Waals surface area contributed by atoms with Crippen LogP contribution in [-0.2, 0) is 5.41 Å². The van der Waals surface area contributed by atoms with Gasteiger partial charge in [-0.05, 0) is 70.3 Å². The molecule has 0 radical (unpaired) electrons. The Labute approximate surface area is 330 Å². The van der Waals surface area contributed by atoms with Crippen molar-refractivity contribution in [3.8, 4) is 28.3 Å². The van der Waals surface area contributed by atoms with Gasteiger partial charge in [-0.2, -0.15) is 0 Å². The molecule has 2 aliphatic rings. The summed E-state index contributed by atoms with van der Waals surface area (Å²) < 4.78 is 9.00. The highest BCUT2D eigenvalue weighted by atomic mass is 16.5. The molecule has 0 atom stereocenters. The maximum atomic E-state index is 9.17. The predicted octanol–water partition coefficient (Wildman–Crippen LogP) is 12.1. The molecule has 1 aliphatic heterocycles. The first kappa shape index (κ1) is 32.8. The fourth-order valence-corrected chi connectivity index (χ4v) is 9.05. The molecular weight excluding hydrogens is 697 g/mol. The highest BCUT2D eigenvalue weighted by molar-refractivity contribution is 6.24. The van der Waals surface area contributed by atoms with Crippen molar-refractivity contribution in [2.45, 2.75) is 5.41 Å². The van der Waals surface area contributed by atoms with E-state index in [1.54, 1.807) is 0 Å². The number of aliphatic imine (C=N–C) groups is 2. The van der Waals surface area contributed by atoms with Crippen molar-refractivity contribution >= 4 is 39.7 Å². The Kier molecular flexibility index (Phi) is 7.47. The van der Waals surface area contributed by atoms with Gasteiger partial charge in [0.15, 0.2) is 11.7 Å². The van der Waals surface area contributed by atoms with E-state index < -0.39 is 5.41 Å². The molecule has 2 heterocycles. The molecule has 9 aromatic rings. The molecule has 1 aliphatic carbocycles. The molecule has 5 nitrogen and oxygen atoms in total. The van der Waals surface area contributed by atoms with Gasteiger partial charge in [-0.3, -0.25) is 5.41 Å². The molecule has 11 rings (SSSR count). The lowest BCUT2D eigenvalue weighted by atomic mass is 9.66. The van der Waals surface area contributed by atoms with Crippen molar-refractivity contribution in [2.75, 3.05) is 0 Å². The smallest absolute Gasteiger partial charge is 0.162 e. The summed E-state index contributed by atoms with van der Waals surface area (Å²) in [4.78, 5) is 10.1. The van der Waals surface area contributed by atoms with Crippen molar-refractivity contribution in [1.29, 1.82) is 5.41 Å². The molecular formula is C52H34N4O. The average molecular weight is 731 g/mol. The first-order chi connectivity index (χ1) is 28.2. The van der Waals surface area contributed by atoms with Gasteiger partial charge < -0.3 is 9.30 Å². The van der Waals surface area contributed by atoms with Crippen LogP contribution in [0.5, 0.6) is 11.5 Å². The van der Waals surface area contributed by atoms with Crippen molar-refractivity contribution < 1.29 is 4.74 Å². The highest BCUT2D eigenvalue weighted by Crippen LogP contribution is 2.62. The van der Waals surface area contributed by atoms with Crippen LogP contribution in [0.15, 0.2) is 204 Å². The molecule has 0 bridgehead atoms. The van der Waals surface area contributed by atoms with Gasteiger partial charge in [-0.25, -0.2) is 9.98 Å². The van der Waals surface area contributed by atoms with E-state index in [9.17, 15) is 0 Å². The first-order valence-electron chi connectivity index (χ1n) is 19.2. The van der Waals surface area contributed by atoms with Gasteiger partial charge >= 0.3 is 0 Å². The van der Waals surface area contributed by atoms with Crippen LogP contribution in [0, 0.1) is 5.41 Å². The second-order valence-electron chi connectivity index (χ2n) is 14.5.